The molecule has 1 unspecified atom stereocenters. The van der Waals surface area contributed by atoms with E-state index in [1.807, 2.05) is 18.5 Å². The van der Waals surface area contributed by atoms with E-state index in [2.05, 4.69) is 71.9 Å². The first-order valence-corrected chi connectivity index (χ1v) is 8.82. The number of aromatic nitrogens is 3. The van der Waals surface area contributed by atoms with Crippen LogP contribution < -0.4 is 5.32 Å². The molecule has 0 bridgehead atoms. The van der Waals surface area contributed by atoms with Gasteiger partial charge < -0.3 is 5.32 Å². The van der Waals surface area contributed by atoms with Gasteiger partial charge in [-0.1, -0.05) is 13.8 Å². The van der Waals surface area contributed by atoms with Crippen LogP contribution in [-0.2, 0) is 6.54 Å². The number of rotatable bonds is 7. The summed E-state index contributed by atoms with van der Waals surface area (Å²) in [7, 11) is 0. The maximum atomic E-state index is 4.59. The van der Waals surface area contributed by atoms with Gasteiger partial charge in [-0.3, -0.25) is 9.67 Å². The molecule has 0 aromatic carbocycles. The first-order valence-electron chi connectivity index (χ1n) is 7.23. The number of nitrogens with one attached hydrogen (secondary N) is 1. The lowest BCUT2D eigenvalue weighted by atomic mass is 10.1. The van der Waals surface area contributed by atoms with E-state index in [0.29, 0.717) is 0 Å². The Labute approximate surface area is 142 Å². The predicted octanol–water partition coefficient (Wildman–Crippen LogP) is 4.30. The smallest absolute Gasteiger partial charge is 0.0933 e. The van der Waals surface area contributed by atoms with Crippen molar-refractivity contribution in [3.8, 4) is 0 Å². The summed E-state index contributed by atoms with van der Waals surface area (Å²) in [5, 5.41) is 8.01. The Morgan fingerprint density at radius 3 is 2.76 bits per heavy atom. The van der Waals surface area contributed by atoms with E-state index in [9.17, 15) is 0 Å². The van der Waals surface area contributed by atoms with Crippen LogP contribution in [0.1, 0.15) is 44.1 Å². The Hall–Kier alpha value is -0.720. The highest BCUT2D eigenvalue weighted by atomic mass is 79.9. The molecule has 0 aliphatic rings. The fraction of sp³-hybridized carbons (Fsp3) is 0.467. The molecule has 2 aromatic heterocycles. The Kier molecular flexibility index (Phi) is 6.39. The van der Waals surface area contributed by atoms with Crippen LogP contribution in [0.4, 0.5) is 0 Å². The molecule has 0 saturated heterocycles. The van der Waals surface area contributed by atoms with Crippen molar-refractivity contribution in [2.45, 2.75) is 39.3 Å². The molecule has 2 rings (SSSR count). The van der Waals surface area contributed by atoms with Crippen LogP contribution in [0.3, 0.4) is 0 Å². The summed E-state index contributed by atoms with van der Waals surface area (Å²) in [5.74, 6) is 0. The Balaban J connectivity index is 2.39. The third kappa shape index (κ3) is 4.14. The number of halogens is 2. The monoisotopic (exact) mass is 414 g/mol. The van der Waals surface area contributed by atoms with Gasteiger partial charge >= 0.3 is 0 Å². The first kappa shape index (κ1) is 16.6. The van der Waals surface area contributed by atoms with Gasteiger partial charge in [0.15, 0.2) is 0 Å². The fourth-order valence-corrected chi connectivity index (χ4v) is 3.47. The third-order valence-electron chi connectivity index (χ3n) is 3.19. The van der Waals surface area contributed by atoms with Gasteiger partial charge in [-0.15, -0.1) is 0 Å². The van der Waals surface area contributed by atoms with Crippen LogP contribution in [0.2, 0.25) is 0 Å². The first-order chi connectivity index (χ1) is 10.2. The average Bonchev–Trinajstić information content (AvgIpc) is 2.90. The van der Waals surface area contributed by atoms with Crippen molar-refractivity contribution in [1.29, 1.82) is 0 Å². The third-order valence-corrected chi connectivity index (χ3v) is 4.26. The molecule has 2 aromatic rings. The van der Waals surface area contributed by atoms with Crippen molar-refractivity contribution in [3.63, 3.8) is 0 Å². The molecular weight excluding hydrogens is 396 g/mol. The summed E-state index contributed by atoms with van der Waals surface area (Å²) >= 11 is 7.08. The molecule has 0 spiro atoms. The quantitative estimate of drug-likeness (QED) is 0.732. The van der Waals surface area contributed by atoms with E-state index in [-0.39, 0.29) is 6.04 Å². The summed E-state index contributed by atoms with van der Waals surface area (Å²) in [6.45, 7) is 6.18. The van der Waals surface area contributed by atoms with Crippen molar-refractivity contribution >= 4 is 31.9 Å². The van der Waals surface area contributed by atoms with E-state index in [4.69, 9.17) is 0 Å². The van der Waals surface area contributed by atoms with Gasteiger partial charge in [-0.05, 0) is 63.4 Å². The standard InChI is InChI=1S/C15H20Br2N4/c1-3-6-18-15(13-5-7-20-21(13)8-4-2)14-12(17)9-11(16)10-19-14/h5,7,9-10,15,18H,3-4,6,8H2,1-2H3. The van der Waals surface area contributed by atoms with Gasteiger partial charge in [0.2, 0.25) is 0 Å². The summed E-state index contributed by atoms with van der Waals surface area (Å²) in [6, 6.07) is 4.14. The maximum absolute atomic E-state index is 4.59. The van der Waals surface area contributed by atoms with E-state index in [1.165, 1.54) is 0 Å². The summed E-state index contributed by atoms with van der Waals surface area (Å²) < 4.78 is 4.02. The molecule has 0 aliphatic heterocycles. The number of aryl methyl sites for hydroxylation is 1. The van der Waals surface area contributed by atoms with Crippen molar-refractivity contribution in [2.75, 3.05) is 6.54 Å². The molecule has 0 radical (unpaired) electrons. The van der Waals surface area contributed by atoms with Crippen LogP contribution in [0.15, 0.2) is 33.5 Å². The van der Waals surface area contributed by atoms with Crippen molar-refractivity contribution in [2.24, 2.45) is 0 Å². The molecule has 0 aliphatic carbocycles. The Bertz CT molecular complexity index is 583. The SMILES string of the molecule is CCCNC(c1ncc(Br)cc1Br)c1ccnn1CCC. The van der Waals surface area contributed by atoms with Crippen LogP contribution in [0, 0.1) is 0 Å². The largest absolute Gasteiger partial charge is 0.304 e. The van der Waals surface area contributed by atoms with E-state index in [0.717, 1.165) is 46.3 Å². The minimum absolute atomic E-state index is 0.0430. The average molecular weight is 416 g/mol. The number of pyridine rings is 1. The zero-order valence-electron chi connectivity index (χ0n) is 12.3. The normalized spacial score (nSPS) is 12.6. The van der Waals surface area contributed by atoms with Crippen LogP contribution in [0.25, 0.3) is 0 Å². The topological polar surface area (TPSA) is 42.7 Å². The van der Waals surface area contributed by atoms with Gasteiger partial charge in [0.05, 0.1) is 17.4 Å². The van der Waals surface area contributed by atoms with Crippen molar-refractivity contribution < 1.29 is 0 Å². The summed E-state index contributed by atoms with van der Waals surface area (Å²) in [5.41, 5.74) is 2.14. The van der Waals surface area contributed by atoms with Crippen molar-refractivity contribution in [3.05, 3.63) is 44.9 Å². The second-order valence-electron chi connectivity index (χ2n) is 4.89. The van der Waals surface area contributed by atoms with Crippen LogP contribution >= 0.6 is 31.9 Å². The molecule has 4 nitrogen and oxygen atoms in total. The van der Waals surface area contributed by atoms with Gasteiger partial charge in [0.25, 0.3) is 0 Å². The number of nitrogens with zero attached hydrogens (tertiary/aromatic N) is 3. The molecule has 2 heterocycles. The lowest BCUT2D eigenvalue weighted by Crippen LogP contribution is -2.27. The van der Waals surface area contributed by atoms with E-state index < -0.39 is 0 Å². The van der Waals surface area contributed by atoms with Crippen molar-refractivity contribution in [1.82, 2.24) is 20.1 Å². The van der Waals surface area contributed by atoms with Crippen LogP contribution in [0.5, 0.6) is 0 Å². The molecular formula is C15H20Br2N4. The Morgan fingerprint density at radius 2 is 2.10 bits per heavy atom. The van der Waals surface area contributed by atoms with Gasteiger partial charge in [-0.2, -0.15) is 5.10 Å². The summed E-state index contributed by atoms with van der Waals surface area (Å²) in [4.78, 5) is 4.59. The molecule has 21 heavy (non-hydrogen) atoms. The molecule has 114 valence electrons. The molecule has 0 saturated carbocycles. The fourth-order valence-electron chi connectivity index (χ4n) is 2.25. The van der Waals surface area contributed by atoms with E-state index >= 15 is 0 Å². The van der Waals surface area contributed by atoms with Gasteiger partial charge in [-0.25, -0.2) is 0 Å². The molecule has 0 amide bonds. The second-order valence-corrected chi connectivity index (χ2v) is 6.66. The molecule has 1 N–H and O–H groups in total. The predicted molar refractivity (Wildman–Crippen MR) is 92.3 cm³/mol. The molecule has 0 fully saturated rings. The molecule has 6 heteroatoms. The zero-order valence-corrected chi connectivity index (χ0v) is 15.5. The maximum Gasteiger partial charge on any atom is 0.0933 e. The lowest BCUT2D eigenvalue weighted by molar-refractivity contribution is 0.504. The lowest BCUT2D eigenvalue weighted by Gasteiger charge is -2.20. The minimum Gasteiger partial charge on any atom is -0.304 e. The highest BCUT2D eigenvalue weighted by Gasteiger charge is 2.21. The highest BCUT2D eigenvalue weighted by Crippen LogP contribution is 2.29. The number of hydrogen-bond donors (Lipinski definition) is 1. The zero-order chi connectivity index (χ0) is 15.2. The minimum atomic E-state index is 0.0430. The van der Waals surface area contributed by atoms with Crippen LogP contribution in [-0.4, -0.2) is 21.3 Å². The van der Waals surface area contributed by atoms with E-state index in [1.54, 1.807) is 0 Å². The summed E-state index contributed by atoms with van der Waals surface area (Å²) in [6.07, 6.45) is 5.83. The number of hydrogen-bond acceptors (Lipinski definition) is 3. The Morgan fingerprint density at radius 1 is 1.29 bits per heavy atom. The highest BCUT2D eigenvalue weighted by molar-refractivity contribution is 9.11. The van der Waals surface area contributed by atoms with Gasteiger partial charge in [0.1, 0.15) is 0 Å². The van der Waals surface area contributed by atoms with Gasteiger partial charge in [0, 0.05) is 27.9 Å². The second kappa shape index (κ2) is 8.06. The molecule has 1 atom stereocenters.